The van der Waals surface area contributed by atoms with Gasteiger partial charge in [-0.25, -0.2) is 8.42 Å². The number of nitrogens with one attached hydrogen (secondary N) is 1. The van der Waals surface area contributed by atoms with Gasteiger partial charge in [0.15, 0.2) is 0 Å². The number of methoxy groups -OCH3 is 1. The lowest BCUT2D eigenvalue weighted by Gasteiger charge is -2.32. The van der Waals surface area contributed by atoms with Gasteiger partial charge in [0.25, 0.3) is 0 Å². The van der Waals surface area contributed by atoms with Gasteiger partial charge in [0.2, 0.25) is 21.8 Å². The molecule has 0 aliphatic carbocycles. The molecule has 0 aromatic heterocycles. The van der Waals surface area contributed by atoms with E-state index in [1.54, 1.807) is 31.2 Å². The van der Waals surface area contributed by atoms with E-state index in [1.807, 2.05) is 73.7 Å². The summed E-state index contributed by atoms with van der Waals surface area (Å²) in [5.41, 5.74) is 3.17. The topological polar surface area (TPSA) is 96.0 Å². The zero-order chi connectivity index (χ0) is 28.4. The van der Waals surface area contributed by atoms with E-state index in [4.69, 9.17) is 4.74 Å². The molecule has 1 unspecified atom stereocenters. The van der Waals surface area contributed by atoms with Gasteiger partial charge in [-0.05, 0) is 48.2 Å². The van der Waals surface area contributed by atoms with Crippen molar-refractivity contribution in [2.75, 3.05) is 31.3 Å². The largest absolute Gasteiger partial charge is 0.497 e. The molecule has 1 N–H and O–H groups in total. The van der Waals surface area contributed by atoms with Gasteiger partial charge in [-0.1, -0.05) is 60.7 Å². The Morgan fingerprint density at radius 3 is 2.26 bits per heavy atom. The molecule has 0 aliphatic heterocycles. The van der Waals surface area contributed by atoms with Crippen molar-refractivity contribution in [2.24, 2.45) is 0 Å². The summed E-state index contributed by atoms with van der Waals surface area (Å²) in [6, 6.07) is 23.4. The van der Waals surface area contributed by atoms with Crippen molar-refractivity contribution in [3.05, 3.63) is 95.6 Å². The molecule has 9 heteroatoms. The summed E-state index contributed by atoms with van der Waals surface area (Å²) in [7, 11) is -0.426. The third-order valence-electron chi connectivity index (χ3n) is 6.54. The van der Waals surface area contributed by atoms with Crippen LogP contribution >= 0.6 is 0 Å². The van der Waals surface area contributed by atoms with E-state index in [9.17, 15) is 18.0 Å². The Morgan fingerprint density at radius 2 is 1.62 bits per heavy atom. The van der Waals surface area contributed by atoms with Crippen molar-refractivity contribution in [1.82, 2.24) is 10.2 Å². The quantitative estimate of drug-likeness (QED) is 0.347. The second-order valence-electron chi connectivity index (χ2n) is 9.42. The van der Waals surface area contributed by atoms with Crippen LogP contribution in [0.1, 0.15) is 29.5 Å². The van der Waals surface area contributed by atoms with Gasteiger partial charge in [0.1, 0.15) is 11.8 Å². The molecule has 208 valence electrons. The van der Waals surface area contributed by atoms with E-state index >= 15 is 0 Å². The highest BCUT2D eigenvalue weighted by molar-refractivity contribution is 7.92. The number of ether oxygens (including phenoxy) is 1. The number of hydrogen-bond acceptors (Lipinski definition) is 5. The summed E-state index contributed by atoms with van der Waals surface area (Å²) in [5, 5.41) is 2.71. The number of nitrogens with zero attached hydrogens (tertiary/aromatic N) is 2. The normalized spacial score (nSPS) is 11.9. The number of hydrogen-bond donors (Lipinski definition) is 1. The van der Waals surface area contributed by atoms with E-state index in [0.29, 0.717) is 24.3 Å². The first-order chi connectivity index (χ1) is 18.6. The van der Waals surface area contributed by atoms with Crippen LogP contribution in [0.3, 0.4) is 0 Å². The van der Waals surface area contributed by atoms with Crippen LogP contribution in [0.2, 0.25) is 0 Å². The molecule has 0 radical (unpaired) electrons. The van der Waals surface area contributed by atoms with Crippen molar-refractivity contribution in [3.8, 4) is 5.75 Å². The van der Waals surface area contributed by atoms with Crippen LogP contribution in [-0.4, -0.2) is 58.1 Å². The number of sulfonamides is 1. The number of carbonyl (C=O) groups is 2. The van der Waals surface area contributed by atoms with E-state index in [2.05, 4.69) is 5.32 Å². The van der Waals surface area contributed by atoms with Gasteiger partial charge in [-0.2, -0.15) is 0 Å². The van der Waals surface area contributed by atoms with Gasteiger partial charge in [0, 0.05) is 33.0 Å². The molecule has 0 saturated heterocycles. The third-order valence-corrected chi connectivity index (χ3v) is 7.72. The minimum absolute atomic E-state index is 0.0736. The van der Waals surface area contributed by atoms with Crippen molar-refractivity contribution < 1.29 is 22.7 Å². The minimum atomic E-state index is -3.56. The lowest BCUT2D eigenvalue weighted by molar-refractivity contribution is -0.141. The van der Waals surface area contributed by atoms with E-state index in [0.717, 1.165) is 22.9 Å². The Kier molecular flexibility index (Phi) is 10.5. The summed E-state index contributed by atoms with van der Waals surface area (Å²) in [5.74, 6) is 0.148. The molecule has 0 aliphatic rings. The molecule has 3 aromatic carbocycles. The smallest absolute Gasteiger partial charge is 0.242 e. The highest BCUT2D eigenvalue weighted by atomic mass is 32.2. The molecule has 0 bridgehead atoms. The van der Waals surface area contributed by atoms with Crippen molar-refractivity contribution in [2.45, 2.75) is 38.8 Å². The van der Waals surface area contributed by atoms with Crippen LogP contribution in [0.5, 0.6) is 5.75 Å². The summed E-state index contributed by atoms with van der Waals surface area (Å²) < 4.78 is 31.9. The van der Waals surface area contributed by atoms with Crippen LogP contribution in [0.15, 0.2) is 78.9 Å². The fourth-order valence-electron chi connectivity index (χ4n) is 4.51. The van der Waals surface area contributed by atoms with Crippen LogP contribution in [-0.2, 0) is 32.6 Å². The molecule has 0 spiro atoms. The molecular formula is C30H37N3O5S. The Bertz CT molecular complexity index is 1360. The maximum Gasteiger partial charge on any atom is 0.242 e. The number of anilines is 1. The van der Waals surface area contributed by atoms with Crippen molar-refractivity contribution >= 4 is 27.5 Å². The first kappa shape index (κ1) is 29.7. The average molecular weight is 552 g/mol. The molecule has 1 atom stereocenters. The molecule has 0 heterocycles. The zero-order valence-electron chi connectivity index (χ0n) is 23.0. The van der Waals surface area contributed by atoms with Crippen LogP contribution < -0.4 is 14.4 Å². The molecule has 0 saturated carbocycles. The minimum Gasteiger partial charge on any atom is -0.497 e. The van der Waals surface area contributed by atoms with Crippen molar-refractivity contribution in [1.29, 1.82) is 0 Å². The molecule has 0 fully saturated rings. The van der Waals surface area contributed by atoms with Crippen LogP contribution in [0.4, 0.5) is 5.69 Å². The molecule has 39 heavy (non-hydrogen) atoms. The van der Waals surface area contributed by atoms with E-state index in [1.165, 1.54) is 4.31 Å². The predicted molar refractivity (Wildman–Crippen MR) is 154 cm³/mol. The zero-order valence-corrected chi connectivity index (χ0v) is 23.8. The number of likely N-dealkylation sites (N-methyl/N-ethyl adjacent to an activating group) is 1. The van der Waals surface area contributed by atoms with Gasteiger partial charge in [0.05, 0.1) is 19.1 Å². The highest BCUT2D eigenvalue weighted by Crippen LogP contribution is 2.23. The summed E-state index contributed by atoms with van der Waals surface area (Å²) in [6.07, 6.45) is 1.87. The van der Waals surface area contributed by atoms with Crippen LogP contribution in [0.25, 0.3) is 0 Å². The predicted octanol–water partition coefficient (Wildman–Crippen LogP) is 3.94. The molecule has 8 nitrogen and oxygen atoms in total. The Balaban J connectivity index is 1.87. The van der Waals surface area contributed by atoms with Crippen molar-refractivity contribution in [3.63, 3.8) is 0 Å². The number of para-hydroxylation sites is 1. The van der Waals surface area contributed by atoms with Crippen LogP contribution in [0, 0.1) is 6.92 Å². The number of rotatable bonds is 13. The number of aryl methyl sites for hydroxylation is 1. The second-order valence-corrected chi connectivity index (χ2v) is 11.3. The number of benzene rings is 3. The Morgan fingerprint density at radius 1 is 0.949 bits per heavy atom. The van der Waals surface area contributed by atoms with Gasteiger partial charge in [-0.3, -0.25) is 13.9 Å². The molecule has 3 rings (SSSR count). The van der Waals surface area contributed by atoms with Gasteiger partial charge >= 0.3 is 0 Å². The average Bonchev–Trinajstić information content (AvgIpc) is 2.93. The van der Waals surface area contributed by atoms with E-state index < -0.39 is 16.1 Å². The fourth-order valence-corrected chi connectivity index (χ4v) is 5.54. The second kappa shape index (κ2) is 13.8. The van der Waals surface area contributed by atoms with Gasteiger partial charge < -0.3 is 15.0 Å². The Hall–Kier alpha value is -3.85. The monoisotopic (exact) mass is 551 g/mol. The maximum atomic E-state index is 13.7. The molecule has 3 aromatic rings. The highest BCUT2D eigenvalue weighted by Gasteiger charge is 2.30. The standard InChI is InChI=1S/C30H37N3O5S/c1-23-12-8-9-17-27(23)33(39(4,36)37)19-11-18-29(34)32(22-25-15-10-16-26(20-25)38-3)28(30(35)31-2)21-24-13-6-5-7-14-24/h5-10,12-17,20,28H,11,18-19,21-22H2,1-4H3,(H,31,35). The lowest BCUT2D eigenvalue weighted by atomic mass is 10.0. The fraction of sp³-hybridized carbons (Fsp3) is 0.333. The molecular weight excluding hydrogens is 514 g/mol. The number of amides is 2. The van der Waals surface area contributed by atoms with E-state index in [-0.39, 0.29) is 31.3 Å². The summed E-state index contributed by atoms with van der Waals surface area (Å²) in [4.78, 5) is 28.4. The Labute approximate surface area is 231 Å². The first-order valence-corrected chi connectivity index (χ1v) is 14.7. The lowest BCUT2D eigenvalue weighted by Crippen LogP contribution is -2.49. The van der Waals surface area contributed by atoms with Gasteiger partial charge in [-0.15, -0.1) is 0 Å². The summed E-state index contributed by atoms with van der Waals surface area (Å²) >= 11 is 0. The number of carbonyl (C=O) groups excluding carboxylic acids is 2. The maximum absolute atomic E-state index is 13.7. The molecule has 2 amide bonds. The SMILES string of the molecule is CNC(=O)C(Cc1ccccc1)N(Cc1cccc(OC)c1)C(=O)CCCN(c1ccccc1C)S(C)(=O)=O. The third kappa shape index (κ3) is 8.32. The summed E-state index contributed by atoms with van der Waals surface area (Å²) in [6.45, 7) is 2.20. The first-order valence-electron chi connectivity index (χ1n) is 12.8.